The second-order valence-electron chi connectivity index (χ2n) is 4.17. The number of hydrogen-bond donors (Lipinski definition) is 0. The van der Waals surface area contributed by atoms with E-state index in [-0.39, 0.29) is 6.09 Å². The Balaban J connectivity index is 2.07. The number of nitrogens with zero attached hydrogens (tertiary/aromatic N) is 2. The molecule has 0 radical (unpaired) electrons. The van der Waals surface area contributed by atoms with Crippen molar-refractivity contribution in [1.29, 1.82) is 0 Å². The van der Waals surface area contributed by atoms with Crippen LogP contribution >= 0.6 is 0 Å². The molecule has 0 aromatic carbocycles. The molecule has 2 saturated heterocycles. The summed E-state index contributed by atoms with van der Waals surface area (Å²) in [4.78, 5) is 15.4. The summed E-state index contributed by atoms with van der Waals surface area (Å²) >= 11 is 0. The Labute approximate surface area is 84.8 Å². The van der Waals surface area contributed by atoms with Gasteiger partial charge >= 0.3 is 6.09 Å². The third-order valence-corrected chi connectivity index (χ3v) is 3.27. The van der Waals surface area contributed by atoms with E-state index < -0.39 is 0 Å². The number of methoxy groups -OCH3 is 1. The lowest BCUT2D eigenvalue weighted by Crippen LogP contribution is -2.48. The van der Waals surface area contributed by atoms with Crippen molar-refractivity contribution in [2.45, 2.75) is 18.9 Å². The molecule has 0 saturated carbocycles. The summed E-state index contributed by atoms with van der Waals surface area (Å²) in [5, 5.41) is 0. The summed E-state index contributed by atoms with van der Waals surface area (Å²) in [6, 6.07) is 0.327. The van der Waals surface area contributed by atoms with Crippen molar-refractivity contribution >= 4 is 6.09 Å². The summed E-state index contributed by atoms with van der Waals surface area (Å²) in [6.07, 6.45) is 2.11. The van der Waals surface area contributed by atoms with Crippen LogP contribution in [0.4, 0.5) is 4.79 Å². The van der Waals surface area contributed by atoms with E-state index in [4.69, 9.17) is 4.74 Å². The van der Waals surface area contributed by atoms with Crippen molar-refractivity contribution in [2.24, 2.45) is 5.92 Å². The van der Waals surface area contributed by atoms with Gasteiger partial charge in [-0.05, 0) is 31.8 Å². The van der Waals surface area contributed by atoms with Crippen LogP contribution in [0, 0.1) is 13.0 Å². The number of hydrogen-bond acceptors (Lipinski definition) is 3. The maximum Gasteiger partial charge on any atom is 0.409 e. The maximum absolute atomic E-state index is 11.5. The highest BCUT2D eigenvalue weighted by Crippen LogP contribution is 2.30. The highest BCUT2D eigenvalue weighted by molar-refractivity contribution is 5.68. The van der Waals surface area contributed by atoms with E-state index in [9.17, 15) is 4.79 Å². The number of carbonyl (C=O) groups excluding carboxylic acids is 1. The summed E-state index contributed by atoms with van der Waals surface area (Å²) < 4.78 is 4.78. The van der Waals surface area contributed by atoms with E-state index in [0.717, 1.165) is 26.1 Å². The summed E-state index contributed by atoms with van der Waals surface area (Å²) in [6.45, 7) is 2.74. The molecule has 0 aromatic rings. The molecule has 2 aliphatic rings. The molecule has 4 heteroatoms. The molecule has 0 unspecified atom stereocenters. The lowest BCUT2D eigenvalue weighted by atomic mass is 9.92. The molecule has 2 heterocycles. The zero-order valence-corrected chi connectivity index (χ0v) is 8.61. The molecule has 1 amide bonds. The minimum Gasteiger partial charge on any atom is -0.457 e. The monoisotopic (exact) mass is 197 g/mol. The minimum absolute atomic E-state index is 0.185. The maximum atomic E-state index is 11.5. The van der Waals surface area contributed by atoms with Crippen LogP contribution < -0.4 is 0 Å². The van der Waals surface area contributed by atoms with Crippen LogP contribution in [0.5, 0.6) is 0 Å². The molecule has 2 fully saturated rings. The molecule has 0 N–H and O–H groups in total. The van der Waals surface area contributed by atoms with Crippen LogP contribution in [0.1, 0.15) is 12.8 Å². The first kappa shape index (κ1) is 9.77. The third-order valence-electron chi connectivity index (χ3n) is 3.27. The number of amides is 1. The molecular formula is C10H17N2O2-. The predicted octanol–water partition coefficient (Wildman–Crippen LogP) is 0.941. The van der Waals surface area contributed by atoms with E-state index in [1.807, 2.05) is 4.90 Å². The quantitative estimate of drug-likeness (QED) is 0.542. The molecule has 4 nitrogen and oxygen atoms in total. The number of carbonyl (C=O) groups is 1. The fourth-order valence-corrected chi connectivity index (χ4v) is 2.61. The molecule has 80 valence electrons. The molecule has 2 atom stereocenters. The average molecular weight is 197 g/mol. The van der Waals surface area contributed by atoms with Crippen LogP contribution in [-0.4, -0.2) is 48.7 Å². The molecule has 2 aliphatic heterocycles. The van der Waals surface area contributed by atoms with E-state index in [1.165, 1.54) is 13.5 Å². The first-order valence-electron chi connectivity index (χ1n) is 5.12. The number of ether oxygens (including phenoxy) is 1. The Morgan fingerprint density at radius 1 is 1.50 bits per heavy atom. The van der Waals surface area contributed by atoms with Crippen LogP contribution in [0.25, 0.3) is 0 Å². The Kier molecular flexibility index (Phi) is 2.63. The first-order chi connectivity index (χ1) is 6.72. The lowest BCUT2D eigenvalue weighted by molar-refractivity contribution is 0.0806. The van der Waals surface area contributed by atoms with Gasteiger partial charge in [-0.3, -0.25) is 7.05 Å². The Hall–Kier alpha value is -0.770. The van der Waals surface area contributed by atoms with E-state index in [2.05, 4.69) is 11.9 Å². The summed E-state index contributed by atoms with van der Waals surface area (Å²) in [7, 11) is 5.38. The van der Waals surface area contributed by atoms with Gasteiger partial charge in [-0.2, -0.15) is 0 Å². The largest absolute Gasteiger partial charge is 0.457 e. The molecule has 0 spiro atoms. The summed E-state index contributed by atoms with van der Waals surface area (Å²) in [5.41, 5.74) is 0. The van der Waals surface area contributed by atoms with Gasteiger partial charge in [-0.1, -0.05) is 0 Å². The zero-order valence-electron chi connectivity index (χ0n) is 8.61. The average Bonchev–Trinajstić information content (AvgIpc) is 2.56. The van der Waals surface area contributed by atoms with Gasteiger partial charge in [0.05, 0.1) is 7.11 Å². The van der Waals surface area contributed by atoms with E-state index in [1.54, 1.807) is 0 Å². The zero-order chi connectivity index (χ0) is 10.1. The number of rotatable bonds is 0. The highest BCUT2D eigenvalue weighted by Gasteiger charge is 2.38. The van der Waals surface area contributed by atoms with Gasteiger partial charge in [0.2, 0.25) is 0 Å². The molecule has 0 bridgehead atoms. The van der Waals surface area contributed by atoms with E-state index >= 15 is 0 Å². The fourth-order valence-electron chi connectivity index (χ4n) is 2.61. The molecule has 0 aliphatic carbocycles. The van der Waals surface area contributed by atoms with Crippen molar-refractivity contribution in [2.75, 3.05) is 26.7 Å². The number of likely N-dealkylation sites (tertiary alicyclic amines) is 2. The molecule has 2 rings (SSSR count). The Morgan fingerprint density at radius 3 is 3.00 bits per heavy atom. The standard InChI is InChI=1S/C10H17N2O2/c1-11-6-8-4-3-5-12(9(8)7-11)10(13)14-2/h8-9H,1,3-7H2,2H3/q-1/t8-,9+/m0/s1. The normalized spacial score (nSPS) is 32.9. The van der Waals surface area contributed by atoms with Crippen LogP contribution in [-0.2, 0) is 4.74 Å². The number of fused-ring (bicyclic) bond motifs is 1. The molecule has 14 heavy (non-hydrogen) atoms. The second-order valence-corrected chi connectivity index (χ2v) is 4.17. The fraction of sp³-hybridized carbons (Fsp3) is 0.800. The van der Waals surface area contributed by atoms with Crippen molar-refractivity contribution in [1.82, 2.24) is 9.80 Å². The Bertz CT molecular complexity index is 232. The van der Waals surface area contributed by atoms with Gasteiger partial charge in [0.15, 0.2) is 0 Å². The van der Waals surface area contributed by atoms with Gasteiger partial charge in [0, 0.05) is 12.6 Å². The molecule has 0 aromatic heterocycles. The third kappa shape index (κ3) is 1.59. The van der Waals surface area contributed by atoms with Crippen LogP contribution in [0.3, 0.4) is 0 Å². The summed E-state index contributed by atoms with van der Waals surface area (Å²) in [5.74, 6) is 0.598. The SMILES string of the molecule is [CH2-]N1C[C@@H]2CCCN(C(=O)OC)[C@@H]2C1. The van der Waals surface area contributed by atoms with Gasteiger partial charge in [0.1, 0.15) is 0 Å². The first-order valence-corrected chi connectivity index (χ1v) is 5.12. The second kappa shape index (κ2) is 3.77. The van der Waals surface area contributed by atoms with Gasteiger partial charge in [-0.25, -0.2) is 4.79 Å². The lowest BCUT2D eigenvalue weighted by Gasteiger charge is -2.36. The van der Waals surface area contributed by atoms with Crippen molar-refractivity contribution in [3.05, 3.63) is 7.05 Å². The topological polar surface area (TPSA) is 32.8 Å². The molecular weight excluding hydrogens is 180 g/mol. The van der Waals surface area contributed by atoms with E-state index in [0.29, 0.717) is 12.0 Å². The minimum atomic E-state index is -0.185. The highest BCUT2D eigenvalue weighted by atomic mass is 16.5. The predicted molar refractivity (Wildman–Crippen MR) is 52.6 cm³/mol. The number of piperidine rings is 1. The van der Waals surface area contributed by atoms with Crippen molar-refractivity contribution in [3.63, 3.8) is 0 Å². The van der Waals surface area contributed by atoms with Crippen LogP contribution in [0.15, 0.2) is 0 Å². The smallest absolute Gasteiger partial charge is 0.409 e. The van der Waals surface area contributed by atoms with Crippen LogP contribution in [0.2, 0.25) is 0 Å². The van der Waals surface area contributed by atoms with Gasteiger partial charge in [0.25, 0.3) is 0 Å². The van der Waals surface area contributed by atoms with Gasteiger partial charge in [-0.15, -0.1) is 0 Å². The van der Waals surface area contributed by atoms with Crippen molar-refractivity contribution < 1.29 is 9.53 Å². The Morgan fingerprint density at radius 2 is 2.29 bits per heavy atom. The van der Waals surface area contributed by atoms with Crippen molar-refractivity contribution in [3.8, 4) is 0 Å². The van der Waals surface area contributed by atoms with Gasteiger partial charge < -0.3 is 14.5 Å².